The van der Waals surface area contributed by atoms with E-state index in [0.29, 0.717) is 5.82 Å². The number of carbonyl (C=O) groups is 1. The van der Waals surface area contributed by atoms with E-state index in [-0.39, 0.29) is 11.9 Å². The fourth-order valence-electron chi connectivity index (χ4n) is 0.883. The molecule has 1 aromatic heterocycles. The summed E-state index contributed by atoms with van der Waals surface area (Å²) in [6, 6.07) is -0.214. The summed E-state index contributed by atoms with van der Waals surface area (Å²) in [6.07, 6.45) is 4.49. The van der Waals surface area contributed by atoms with Gasteiger partial charge in [0.15, 0.2) is 0 Å². The third-order valence-electron chi connectivity index (χ3n) is 1.57. The molecule has 74 valence electrons. The molecule has 0 bridgehead atoms. The van der Waals surface area contributed by atoms with Crippen molar-refractivity contribution >= 4 is 21.8 Å². The first-order valence-corrected chi connectivity index (χ1v) is 4.83. The van der Waals surface area contributed by atoms with Crippen molar-refractivity contribution < 1.29 is 4.79 Å². The molecule has 0 saturated heterocycles. The van der Waals surface area contributed by atoms with Crippen LogP contribution >= 0.6 is 15.9 Å². The molecule has 0 fully saturated rings. The van der Waals surface area contributed by atoms with Crippen molar-refractivity contribution in [1.29, 1.82) is 0 Å². The van der Waals surface area contributed by atoms with Gasteiger partial charge in [0.25, 0.3) is 0 Å². The largest absolute Gasteiger partial charge is 0.343 e. The molecule has 0 aromatic carbocycles. The number of carbonyl (C=O) groups excluding carboxylic acids is 1. The monoisotopic (exact) mass is 255 g/mol. The predicted molar refractivity (Wildman–Crippen MR) is 56.5 cm³/mol. The van der Waals surface area contributed by atoms with Gasteiger partial charge in [-0.05, 0) is 28.9 Å². The van der Waals surface area contributed by atoms with E-state index in [1.165, 1.54) is 6.08 Å². The highest BCUT2D eigenvalue weighted by atomic mass is 79.9. The van der Waals surface area contributed by atoms with E-state index < -0.39 is 0 Å². The minimum Gasteiger partial charge on any atom is -0.343 e. The lowest BCUT2D eigenvalue weighted by atomic mass is 10.3. The highest BCUT2D eigenvalue weighted by Crippen LogP contribution is 2.09. The maximum atomic E-state index is 11.0. The van der Waals surface area contributed by atoms with Crippen LogP contribution in [0.1, 0.15) is 18.8 Å². The van der Waals surface area contributed by atoms with Crippen molar-refractivity contribution in [2.24, 2.45) is 0 Å². The van der Waals surface area contributed by atoms with Gasteiger partial charge in [0.2, 0.25) is 5.91 Å². The van der Waals surface area contributed by atoms with Gasteiger partial charge in [0.05, 0.1) is 10.5 Å². The number of nitrogens with zero attached hydrogens (tertiary/aromatic N) is 2. The zero-order chi connectivity index (χ0) is 10.6. The first kappa shape index (κ1) is 10.8. The van der Waals surface area contributed by atoms with Crippen LogP contribution in [-0.4, -0.2) is 15.9 Å². The summed E-state index contributed by atoms with van der Waals surface area (Å²) in [5, 5.41) is 2.67. The summed E-state index contributed by atoms with van der Waals surface area (Å²) >= 11 is 3.23. The molecule has 0 spiro atoms. The van der Waals surface area contributed by atoms with Crippen LogP contribution in [0.3, 0.4) is 0 Å². The van der Waals surface area contributed by atoms with Crippen LogP contribution in [0.5, 0.6) is 0 Å². The minimum absolute atomic E-state index is 0.214. The second-order valence-corrected chi connectivity index (χ2v) is 3.61. The normalized spacial score (nSPS) is 11.9. The number of amides is 1. The molecule has 0 aliphatic heterocycles. The van der Waals surface area contributed by atoms with Crippen LogP contribution in [0.25, 0.3) is 0 Å². The molecule has 0 aliphatic carbocycles. The van der Waals surface area contributed by atoms with E-state index in [4.69, 9.17) is 0 Å². The van der Waals surface area contributed by atoms with E-state index in [1.807, 2.05) is 6.92 Å². The zero-order valence-corrected chi connectivity index (χ0v) is 9.28. The van der Waals surface area contributed by atoms with E-state index in [2.05, 4.69) is 37.8 Å². The molecular formula is C9H10BrN3O. The van der Waals surface area contributed by atoms with Crippen molar-refractivity contribution in [1.82, 2.24) is 15.3 Å². The Balaban J connectivity index is 2.69. The van der Waals surface area contributed by atoms with Crippen LogP contribution in [0.15, 0.2) is 29.5 Å². The molecule has 1 N–H and O–H groups in total. The van der Waals surface area contributed by atoms with Gasteiger partial charge in [-0.2, -0.15) is 0 Å². The summed E-state index contributed by atoms with van der Waals surface area (Å²) in [5.74, 6) is 0.340. The lowest BCUT2D eigenvalue weighted by Gasteiger charge is -2.10. The Kier molecular flexibility index (Phi) is 3.76. The van der Waals surface area contributed by atoms with Gasteiger partial charge in [-0.25, -0.2) is 9.97 Å². The lowest BCUT2D eigenvalue weighted by Crippen LogP contribution is -2.25. The average molecular weight is 256 g/mol. The number of halogens is 1. The van der Waals surface area contributed by atoms with Crippen LogP contribution in [0.2, 0.25) is 0 Å². The Morgan fingerprint density at radius 2 is 2.21 bits per heavy atom. The van der Waals surface area contributed by atoms with Gasteiger partial charge in [-0.1, -0.05) is 6.58 Å². The predicted octanol–water partition coefficient (Wildman–Crippen LogP) is 1.60. The Bertz CT molecular complexity index is 336. The highest BCUT2D eigenvalue weighted by molar-refractivity contribution is 9.10. The Morgan fingerprint density at radius 3 is 2.71 bits per heavy atom. The highest BCUT2D eigenvalue weighted by Gasteiger charge is 2.09. The molecule has 1 rings (SSSR count). The molecule has 1 aromatic rings. The SMILES string of the molecule is C=CC(=O)NC(C)c1ncc(Br)cn1. The zero-order valence-electron chi connectivity index (χ0n) is 7.70. The first-order chi connectivity index (χ1) is 6.63. The molecule has 0 aliphatic rings. The number of hydrogen-bond acceptors (Lipinski definition) is 3. The third-order valence-corrected chi connectivity index (χ3v) is 1.98. The van der Waals surface area contributed by atoms with Gasteiger partial charge in [-0.3, -0.25) is 4.79 Å². The fraction of sp³-hybridized carbons (Fsp3) is 0.222. The van der Waals surface area contributed by atoms with E-state index in [1.54, 1.807) is 12.4 Å². The van der Waals surface area contributed by atoms with Crippen molar-refractivity contribution in [2.75, 3.05) is 0 Å². The van der Waals surface area contributed by atoms with Crippen molar-refractivity contribution in [2.45, 2.75) is 13.0 Å². The third kappa shape index (κ3) is 2.92. The Morgan fingerprint density at radius 1 is 1.64 bits per heavy atom. The van der Waals surface area contributed by atoms with Gasteiger partial charge in [-0.15, -0.1) is 0 Å². The van der Waals surface area contributed by atoms with Gasteiger partial charge in [0, 0.05) is 12.4 Å². The molecule has 1 unspecified atom stereocenters. The summed E-state index contributed by atoms with van der Waals surface area (Å²) in [7, 11) is 0. The van der Waals surface area contributed by atoms with Crippen molar-refractivity contribution in [3.05, 3.63) is 35.3 Å². The fourth-order valence-corrected chi connectivity index (χ4v) is 1.09. The first-order valence-electron chi connectivity index (χ1n) is 4.04. The quantitative estimate of drug-likeness (QED) is 0.836. The van der Waals surface area contributed by atoms with Gasteiger partial charge in [0.1, 0.15) is 5.82 Å². The smallest absolute Gasteiger partial charge is 0.243 e. The van der Waals surface area contributed by atoms with E-state index in [9.17, 15) is 4.79 Å². The Hall–Kier alpha value is -1.23. The second kappa shape index (κ2) is 4.85. The molecular weight excluding hydrogens is 246 g/mol. The maximum absolute atomic E-state index is 11.0. The summed E-state index contributed by atoms with van der Waals surface area (Å²) in [6.45, 7) is 5.17. The minimum atomic E-state index is -0.232. The summed E-state index contributed by atoms with van der Waals surface area (Å²) < 4.78 is 0.809. The maximum Gasteiger partial charge on any atom is 0.243 e. The summed E-state index contributed by atoms with van der Waals surface area (Å²) in [4.78, 5) is 19.1. The molecule has 0 radical (unpaired) electrons. The molecule has 1 heterocycles. The average Bonchev–Trinajstić information content (AvgIpc) is 2.18. The van der Waals surface area contributed by atoms with Crippen LogP contribution in [0, 0.1) is 0 Å². The molecule has 4 nitrogen and oxygen atoms in total. The van der Waals surface area contributed by atoms with Gasteiger partial charge >= 0.3 is 0 Å². The van der Waals surface area contributed by atoms with Crippen molar-refractivity contribution in [3.63, 3.8) is 0 Å². The van der Waals surface area contributed by atoms with Crippen LogP contribution in [0.4, 0.5) is 0 Å². The Labute approximate surface area is 90.6 Å². The molecule has 5 heteroatoms. The van der Waals surface area contributed by atoms with Crippen LogP contribution in [-0.2, 0) is 4.79 Å². The number of nitrogens with one attached hydrogen (secondary N) is 1. The molecule has 14 heavy (non-hydrogen) atoms. The molecule has 1 amide bonds. The van der Waals surface area contributed by atoms with Gasteiger partial charge < -0.3 is 5.32 Å². The number of hydrogen-bond donors (Lipinski definition) is 1. The van der Waals surface area contributed by atoms with Crippen molar-refractivity contribution in [3.8, 4) is 0 Å². The number of rotatable bonds is 3. The van der Waals surface area contributed by atoms with E-state index in [0.717, 1.165) is 4.47 Å². The van der Waals surface area contributed by atoms with E-state index >= 15 is 0 Å². The second-order valence-electron chi connectivity index (χ2n) is 2.69. The molecule has 1 atom stereocenters. The molecule has 0 saturated carbocycles. The van der Waals surface area contributed by atoms with Crippen LogP contribution < -0.4 is 5.32 Å². The lowest BCUT2D eigenvalue weighted by molar-refractivity contribution is -0.117. The summed E-state index contributed by atoms with van der Waals surface area (Å²) in [5.41, 5.74) is 0. The standard InChI is InChI=1S/C9H10BrN3O/c1-3-8(14)13-6(2)9-11-4-7(10)5-12-9/h3-6H,1H2,2H3,(H,13,14). The topological polar surface area (TPSA) is 54.9 Å². The number of aromatic nitrogens is 2.